The molecule has 10 nitrogen and oxygen atoms in total. The number of carboxylic acid groups (broad SMARTS) is 1. The second-order valence-electron chi connectivity index (χ2n) is 10.4. The summed E-state index contributed by atoms with van der Waals surface area (Å²) in [7, 11) is 0. The third-order valence-electron chi connectivity index (χ3n) is 6.27. The van der Waals surface area contributed by atoms with Crippen LogP contribution in [0.15, 0.2) is 41.1 Å². The molecule has 0 unspecified atom stereocenters. The molecular weight excluding hydrogens is 498 g/mol. The molecule has 0 spiro atoms. The van der Waals surface area contributed by atoms with Crippen molar-refractivity contribution >= 4 is 52.1 Å². The van der Waals surface area contributed by atoms with E-state index in [0.717, 1.165) is 0 Å². The van der Waals surface area contributed by atoms with E-state index in [-0.39, 0.29) is 40.5 Å². The molecule has 0 saturated heterocycles. The van der Waals surface area contributed by atoms with Crippen LogP contribution in [0.3, 0.4) is 0 Å². The molecule has 1 fully saturated rings. The summed E-state index contributed by atoms with van der Waals surface area (Å²) >= 11 is 5.86. The maximum atomic E-state index is 13.2. The molecule has 0 aromatic carbocycles. The van der Waals surface area contributed by atoms with E-state index >= 15 is 0 Å². The van der Waals surface area contributed by atoms with Crippen molar-refractivity contribution in [3.05, 3.63) is 47.4 Å². The van der Waals surface area contributed by atoms with E-state index in [4.69, 9.17) is 16.0 Å². The molecule has 0 atom stereocenters. The van der Waals surface area contributed by atoms with Crippen LogP contribution in [-0.2, 0) is 4.79 Å². The van der Waals surface area contributed by atoms with Crippen LogP contribution in [0.25, 0.3) is 11.1 Å². The van der Waals surface area contributed by atoms with Crippen molar-refractivity contribution in [2.45, 2.75) is 52.5 Å². The summed E-state index contributed by atoms with van der Waals surface area (Å²) in [5, 5.41) is 15.6. The maximum Gasteiger partial charge on any atom is 0.407 e. The Balaban J connectivity index is 1.48. The summed E-state index contributed by atoms with van der Waals surface area (Å²) in [6.45, 7) is 6.43. The average molecular weight is 528 g/mol. The van der Waals surface area contributed by atoms with E-state index in [2.05, 4.69) is 20.6 Å². The van der Waals surface area contributed by atoms with Crippen LogP contribution >= 0.6 is 11.6 Å². The third kappa shape index (κ3) is 6.37. The Morgan fingerprint density at radius 2 is 1.84 bits per heavy atom. The van der Waals surface area contributed by atoms with Crippen molar-refractivity contribution in [3.8, 4) is 0 Å². The lowest BCUT2D eigenvalue weighted by molar-refractivity contribution is -0.121. The molecule has 3 N–H and O–H groups in total. The number of carbonyl (C=O) groups is 3. The Morgan fingerprint density at radius 3 is 2.46 bits per heavy atom. The van der Waals surface area contributed by atoms with E-state index in [1.807, 2.05) is 20.8 Å². The van der Waals surface area contributed by atoms with Crippen molar-refractivity contribution < 1.29 is 23.9 Å². The number of aromatic nitrogens is 2. The van der Waals surface area contributed by atoms with Crippen LogP contribution < -0.4 is 10.6 Å². The summed E-state index contributed by atoms with van der Waals surface area (Å²) < 4.78 is 5.75. The van der Waals surface area contributed by atoms with Gasteiger partial charge in [0.25, 0.3) is 5.91 Å². The number of hydrogen-bond acceptors (Lipinski definition) is 6. The summed E-state index contributed by atoms with van der Waals surface area (Å²) in [5.74, 6) is -0.996. The van der Waals surface area contributed by atoms with E-state index in [0.29, 0.717) is 48.4 Å². The van der Waals surface area contributed by atoms with Crippen molar-refractivity contribution in [3.63, 3.8) is 0 Å². The highest BCUT2D eigenvalue weighted by molar-refractivity contribution is 6.30. The number of furan rings is 1. The van der Waals surface area contributed by atoms with Gasteiger partial charge in [-0.15, -0.1) is 0 Å². The minimum Gasteiger partial charge on any atom is -0.465 e. The number of pyridine rings is 2. The molecule has 3 aromatic heterocycles. The lowest BCUT2D eigenvalue weighted by Gasteiger charge is -2.38. The molecule has 11 heteroatoms. The van der Waals surface area contributed by atoms with Gasteiger partial charge in [-0.1, -0.05) is 32.4 Å². The summed E-state index contributed by atoms with van der Waals surface area (Å²) in [6, 6.07) is 6.35. The Hall–Kier alpha value is -3.66. The normalized spacial score (nSPS) is 17.8. The zero-order chi connectivity index (χ0) is 26.7. The smallest absolute Gasteiger partial charge is 0.407 e. The number of amides is 3. The summed E-state index contributed by atoms with van der Waals surface area (Å²) in [6.07, 6.45) is 4.25. The Kier molecular flexibility index (Phi) is 7.68. The molecule has 1 saturated carbocycles. The van der Waals surface area contributed by atoms with Gasteiger partial charge in [0.2, 0.25) is 11.7 Å². The molecule has 0 aliphatic heterocycles. The fourth-order valence-electron chi connectivity index (χ4n) is 4.57. The fourth-order valence-corrected chi connectivity index (χ4v) is 4.68. The van der Waals surface area contributed by atoms with Crippen molar-refractivity contribution in [2.24, 2.45) is 11.3 Å². The molecule has 1 aliphatic rings. The Morgan fingerprint density at radius 1 is 1.11 bits per heavy atom. The van der Waals surface area contributed by atoms with Crippen molar-refractivity contribution in [2.75, 3.05) is 17.2 Å². The molecule has 0 radical (unpaired) electrons. The average Bonchev–Trinajstić information content (AvgIpc) is 3.22. The minimum atomic E-state index is -0.940. The summed E-state index contributed by atoms with van der Waals surface area (Å²) in [4.78, 5) is 48.0. The molecule has 3 heterocycles. The SMILES string of the molecule is CC(C)(C)CN(C(=O)O)C1CCC(C(=O)Nc2c(C(=O)Nc3ccc(Cl)cn3)oc3cccnc23)CC1. The monoisotopic (exact) mass is 527 g/mol. The number of fused-ring (bicyclic) bond motifs is 1. The molecule has 0 bridgehead atoms. The molecule has 4 rings (SSSR count). The van der Waals surface area contributed by atoms with Gasteiger partial charge in [0.1, 0.15) is 17.0 Å². The van der Waals surface area contributed by atoms with Crippen LogP contribution in [0, 0.1) is 11.3 Å². The van der Waals surface area contributed by atoms with Gasteiger partial charge in [-0.2, -0.15) is 0 Å². The van der Waals surface area contributed by atoms with Gasteiger partial charge in [0, 0.05) is 30.9 Å². The highest BCUT2D eigenvalue weighted by Crippen LogP contribution is 2.34. The van der Waals surface area contributed by atoms with Gasteiger partial charge >= 0.3 is 6.09 Å². The highest BCUT2D eigenvalue weighted by atomic mass is 35.5. The number of carbonyl (C=O) groups excluding carboxylic acids is 2. The van der Waals surface area contributed by atoms with Gasteiger partial charge in [-0.3, -0.25) is 14.6 Å². The first-order chi connectivity index (χ1) is 17.5. The second kappa shape index (κ2) is 10.8. The van der Waals surface area contributed by atoms with E-state index < -0.39 is 12.0 Å². The first kappa shape index (κ1) is 26.4. The molecule has 3 amide bonds. The van der Waals surface area contributed by atoms with Gasteiger partial charge in [0.05, 0.1) is 5.02 Å². The quantitative estimate of drug-likeness (QED) is 0.376. The first-order valence-corrected chi connectivity index (χ1v) is 12.5. The number of rotatable bonds is 6. The number of halogens is 1. The number of nitrogens with one attached hydrogen (secondary N) is 2. The van der Waals surface area contributed by atoms with Crippen LogP contribution in [0.4, 0.5) is 16.3 Å². The van der Waals surface area contributed by atoms with E-state index in [1.165, 1.54) is 11.1 Å². The zero-order valence-electron chi connectivity index (χ0n) is 21.0. The number of nitrogens with zero attached hydrogens (tertiary/aromatic N) is 3. The maximum absolute atomic E-state index is 13.2. The lowest BCUT2D eigenvalue weighted by atomic mass is 9.84. The standard InChI is InChI=1S/C26H30ClN5O5/c1-26(2,3)14-32(25(35)36)17-9-6-15(7-10-17)23(33)31-21-20-18(5-4-12-28-20)37-22(21)24(34)30-19-11-8-16(27)13-29-19/h4-5,8,11-13,15,17H,6-7,9-10,14H2,1-3H3,(H,31,33)(H,35,36)(H,29,30,34). The zero-order valence-corrected chi connectivity index (χ0v) is 21.7. The fraction of sp³-hybridized carbons (Fsp3) is 0.423. The first-order valence-electron chi connectivity index (χ1n) is 12.1. The van der Waals surface area contributed by atoms with Crippen LogP contribution in [0.1, 0.15) is 57.0 Å². The van der Waals surface area contributed by atoms with Crippen LogP contribution in [-0.4, -0.2) is 50.5 Å². The number of hydrogen-bond donors (Lipinski definition) is 3. The Labute approximate surface area is 219 Å². The molecular formula is C26H30ClN5O5. The van der Waals surface area contributed by atoms with Gasteiger partial charge in [-0.05, 0) is 55.4 Å². The van der Waals surface area contributed by atoms with Crippen molar-refractivity contribution in [1.29, 1.82) is 0 Å². The van der Waals surface area contributed by atoms with E-state index in [9.17, 15) is 19.5 Å². The van der Waals surface area contributed by atoms with Gasteiger partial charge < -0.3 is 25.1 Å². The van der Waals surface area contributed by atoms with Crippen molar-refractivity contribution in [1.82, 2.24) is 14.9 Å². The minimum absolute atomic E-state index is 0.0882. The Bertz CT molecular complexity index is 1290. The van der Waals surface area contributed by atoms with Crippen LogP contribution in [0.5, 0.6) is 0 Å². The molecule has 1 aliphatic carbocycles. The predicted molar refractivity (Wildman–Crippen MR) is 140 cm³/mol. The van der Waals surface area contributed by atoms with E-state index in [1.54, 1.807) is 30.5 Å². The van der Waals surface area contributed by atoms with Crippen LogP contribution in [0.2, 0.25) is 5.02 Å². The predicted octanol–water partition coefficient (Wildman–Crippen LogP) is 5.65. The molecule has 3 aromatic rings. The largest absolute Gasteiger partial charge is 0.465 e. The number of anilines is 2. The second-order valence-corrected chi connectivity index (χ2v) is 10.9. The lowest BCUT2D eigenvalue weighted by Crippen LogP contribution is -2.46. The molecule has 37 heavy (non-hydrogen) atoms. The van der Waals surface area contributed by atoms with Gasteiger partial charge in [-0.25, -0.2) is 9.78 Å². The topological polar surface area (TPSA) is 138 Å². The van der Waals surface area contributed by atoms with Gasteiger partial charge in [0.15, 0.2) is 5.58 Å². The highest BCUT2D eigenvalue weighted by Gasteiger charge is 2.34. The summed E-state index contributed by atoms with van der Waals surface area (Å²) in [5.41, 5.74) is 0.741. The molecule has 196 valence electrons. The third-order valence-corrected chi connectivity index (χ3v) is 6.49.